The van der Waals surface area contributed by atoms with Gasteiger partial charge in [0.1, 0.15) is 0 Å². The van der Waals surface area contributed by atoms with Crippen LogP contribution in [0.25, 0.3) is 10.9 Å². The number of non-ortho nitro benzene ring substituents is 1. The fourth-order valence-electron chi connectivity index (χ4n) is 2.33. The molecule has 0 saturated carbocycles. The van der Waals surface area contributed by atoms with E-state index >= 15 is 0 Å². The third kappa shape index (κ3) is 2.81. The van der Waals surface area contributed by atoms with E-state index in [2.05, 4.69) is 10.4 Å². The summed E-state index contributed by atoms with van der Waals surface area (Å²) in [4.78, 5) is 22.9. The van der Waals surface area contributed by atoms with E-state index in [1.807, 2.05) is 26.0 Å². The molecule has 0 aliphatic carbocycles. The molecular formula is C16H13ClN4O3. The third-order valence-corrected chi connectivity index (χ3v) is 4.06. The lowest BCUT2D eigenvalue weighted by atomic mass is 10.1. The second kappa shape index (κ2) is 5.93. The minimum Gasteiger partial charge on any atom is -0.306 e. The molecule has 0 spiro atoms. The van der Waals surface area contributed by atoms with E-state index in [4.69, 9.17) is 11.6 Å². The van der Waals surface area contributed by atoms with Crippen molar-refractivity contribution in [3.63, 3.8) is 0 Å². The molecule has 3 rings (SSSR count). The molecular weight excluding hydrogens is 332 g/mol. The molecule has 0 saturated heterocycles. The fraction of sp³-hybridized carbons (Fsp3) is 0.125. The van der Waals surface area contributed by atoms with Gasteiger partial charge in [-0.15, -0.1) is 0 Å². The summed E-state index contributed by atoms with van der Waals surface area (Å²) >= 11 is 6.02. The summed E-state index contributed by atoms with van der Waals surface area (Å²) < 4.78 is 1.03. The predicted molar refractivity (Wildman–Crippen MR) is 91.7 cm³/mol. The number of nitro benzene ring substituents is 1. The number of amides is 1. The average molecular weight is 345 g/mol. The molecule has 2 aromatic carbocycles. The molecule has 0 radical (unpaired) electrons. The number of nitrogens with one attached hydrogen (secondary N) is 1. The smallest absolute Gasteiger partial charge is 0.306 e. The van der Waals surface area contributed by atoms with Gasteiger partial charge in [0, 0.05) is 23.2 Å². The Kier molecular flexibility index (Phi) is 3.94. The van der Waals surface area contributed by atoms with Crippen molar-refractivity contribution in [2.45, 2.75) is 13.8 Å². The monoisotopic (exact) mass is 344 g/mol. The highest BCUT2D eigenvalue weighted by molar-refractivity contribution is 6.34. The summed E-state index contributed by atoms with van der Waals surface area (Å²) in [6.07, 6.45) is 0. The number of aryl methyl sites for hydroxylation is 2. The maximum absolute atomic E-state index is 12.5. The summed E-state index contributed by atoms with van der Waals surface area (Å²) in [5.41, 5.74) is 2.88. The Labute approximate surface area is 142 Å². The van der Waals surface area contributed by atoms with Crippen LogP contribution in [-0.4, -0.2) is 20.7 Å². The lowest BCUT2D eigenvalue weighted by molar-refractivity contribution is -0.384. The number of benzene rings is 2. The maximum Gasteiger partial charge on any atom is 0.347 e. The second-order valence-corrected chi connectivity index (χ2v) is 5.75. The van der Waals surface area contributed by atoms with Crippen molar-refractivity contribution in [1.29, 1.82) is 0 Å². The van der Waals surface area contributed by atoms with E-state index in [1.165, 1.54) is 18.2 Å². The zero-order chi connectivity index (χ0) is 17.4. The molecule has 24 heavy (non-hydrogen) atoms. The number of nitrogens with zero attached hydrogens (tertiary/aromatic N) is 3. The van der Waals surface area contributed by atoms with Crippen LogP contribution < -0.4 is 5.32 Å². The molecule has 1 N–H and O–H groups in total. The minimum atomic E-state index is -0.546. The first-order chi connectivity index (χ1) is 11.4. The number of rotatable bonds is 2. The maximum atomic E-state index is 12.5. The van der Waals surface area contributed by atoms with Crippen molar-refractivity contribution in [3.05, 3.63) is 62.8 Å². The van der Waals surface area contributed by atoms with E-state index in [0.29, 0.717) is 11.1 Å². The Bertz CT molecular complexity index is 981. The molecule has 0 aliphatic heterocycles. The molecule has 7 nitrogen and oxygen atoms in total. The number of anilines is 1. The van der Waals surface area contributed by atoms with Crippen LogP contribution in [0.3, 0.4) is 0 Å². The molecule has 1 aromatic heterocycles. The van der Waals surface area contributed by atoms with Gasteiger partial charge in [-0.25, -0.2) is 4.79 Å². The van der Waals surface area contributed by atoms with Gasteiger partial charge in [-0.05, 0) is 43.2 Å². The topological polar surface area (TPSA) is 90.1 Å². The molecule has 122 valence electrons. The van der Waals surface area contributed by atoms with Gasteiger partial charge >= 0.3 is 6.03 Å². The van der Waals surface area contributed by atoms with Gasteiger partial charge in [0.05, 0.1) is 10.4 Å². The van der Waals surface area contributed by atoms with Gasteiger partial charge in [-0.2, -0.15) is 9.78 Å². The van der Waals surface area contributed by atoms with Crippen LogP contribution in [-0.2, 0) is 0 Å². The SMILES string of the molecule is Cc1ccc(NC(=O)n2nc(Cl)c3ccc([N+](=O)[O-])cc32)cc1C. The Morgan fingerprint density at radius 3 is 2.62 bits per heavy atom. The van der Waals surface area contributed by atoms with E-state index in [0.717, 1.165) is 15.8 Å². The highest BCUT2D eigenvalue weighted by atomic mass is 35.5. The minimum absolute atomic E-state index is 0.107. The Morgan fingerprint density at radius 2 is 1.96 bits per heavy atom. The molecule has 8 heteroatoms. The van der Waals surface area contributed by atoms with E-state index in [-0.39, 0.29) is 16.4 Å². The van der Waals surface area contributed by atoms with Gasteiger partial charge in [0.15, 0.2) is 5.15 Å². The second-order valence-electron chi connectivity index (χ2n) is 5.39. The predicted octanol–water partition coefficient (Wildman–Crippen LogP) is 4.29. The van der Waals surface area contributed by atoms with Crippen LogP contribution in [0, 0.1) is 24.0 Å². The van der Waals surface area contributed by atoms with Crippen LogP contribution in [0.5, 0.6) is 0 Å². The van der Waals surface area contributed by atoms with Crippen LogP contribution in [0.4, 0.5) is 16.2 Å². The quantitative estimate of drug-likeness (QED) is 0.554. The summed E-state index contributed by atoms with van der Waals surface area (Å²) in [6, 6.07) is 9.02. The molecule has 3 aromatic rings. The number of hydrogen-bond donors (Lipinski definition) is 1. The van der Waals surface area contributed by atoms with Crippen LogP contribution in [0.15, 0.2) is 36.4 Å². The highest BCUT2D eigenvalue weighted by Crippen LogP contribution is 2.27. The lowest BCUT2D eigenvalue weighted by Gasteiger charge is -2.08. The zero-order valence-corrected chi connectivity index (χ0v) is 13.7. The van der Waals surface area contributed by atoms with Gasteiger partial charge in [-0.3, -0.25) is 10.1 Å². The van der Waals surface area contributed by atoms with E-state index in [1.54, 1.807) is 6.07 Å². The molecule has 0 atom stereocenters. The van der Waals surface area contributed by atoms with Crippen molar-refractivity contribution in [2.75, 3.05) is 5.32 Å². The molecule has 1 amide bonds. The van der Waals surface area contributed by atoms with Crippen LogP contribution in [0.2, 0.25) is 5.15 Å². The highest BCUT2D eigenvalue weighted by Gasteiger charge is 2.18. The van der Waals surface area contributed by atoms with Crippen LogP contribution in [0.1, 0.15) is 11.1 Å². The summed E-state index contributed by atoms with van der Waals surface area (Å²) in [6.45, 7) is 3.91. The van der Waals surface area contributed by atoms with Crippen molar-refractivity contribution >= 4 is 39.9 Å². The standard InChI is InChI=1S/C16H13ClN4O3/c1-9-3-4-11(7-10(9)2)18-16(22)20-14-8-12(21(23)24)5-6-13(14)15(17)19-20/h3-8H,1-2H3,(H,18,22). The molecule has 0 aliphatic rings. The first kappa shape index (κ1) is 15.9. The zero-order valence-electron chi connectivity index (χ0n) is 12.9. The Morgan fingerprint density at radius 1 is 1.21 bits per heavy atom. The third-order valence-electron chi connectivity index (χ3n) is 3.78. The van der Waals surface area contributed by atoms with E-state index in [9.17, 15) is 14.9 Å². The number of carbonyl (C=O) groups is 1. The lowest BCUT2D eigenvalue weighted by Crippen LogP contribution is -2.20. The van der Waals surface area contributed by atoms with Crippen LogP contribution >= 0.6 is 11.6 Å². The van der Waals surface area contributed by atoms with Crippen molar-refractivity contribution < 1.29 is 9.72 Å². The number of halogens is 1. The van der Waals surface area contributed by atoms with Gasteiger partial charge in [0.25, 0.3) is 5.69 Å². The van der Waals surface area contributed by atoms with Crippen molar-refractivity contribution in [1.82, 2.24) is 9.78 Å². The molecule has 1 heterocycles. The first-order valence-corrected chi connectivity index (χ1v) is 7.46. The fourth-order valence-corrected chi connectivity index (χ4v) is 2.56. The average Bonchev–Trinajstić information content (AvgIpc) is 2.87. The van der Waals surface area contributed by atoms with Gasteiger partial charge in [-0.1, -0.05) is 17.7 Å². The summed E-state index contributed by atoms with van der Waals surface area (Å²) in [5.74, 6) is 0. The number of fused-ring (bicyclic) bond motifs is 1. The number of aromatic nitrogens is 2. The normalized spacial score (nSPS) is 10.8. The van der Waals surface area contributed by atoms with Gasteiger partial charge < -0.3 is 5.32 Å². The largest absolute Gasteiger partial charge is 0.347 e. The number of hydrogen-bond acceptors (Lipinski definition) is 4. The molecule has 0 fully saturated rings. The number of carbonyl (C=O) groups excluding carboxylic acids is 1. The van der Waals surface area contributed by atoms with Crippen molar-refractivity contribution in [3.8, 4) is 0 Å². The molecule has 0 bridgehead atoms. The number of nitro groups is 1. The van der Waals surface area contributed by atoms with Crippen molar-refractivity contribution in [2.24, 2.45) is 0 Å². The Hall–Kier alpha value is -2.93. The molecule has 0 unspecified atom stereocenters. The van der Waals surface area contributed by atoms with Gasteiger partial charge in [0.2, 0.25) is 0 Å². The summed E-state index contributed by atoms with van der Waals surface area (Å²) in [7, 11) is 0. The Balaban J connectivity index is 2.01. The first-order valence-electron chi connectivity index (χ1n) is 7.08. The summed E-state index contributed by atoms with van der Waals surface area (Å²) in [5, 5.41) is 18.2. The van der Waals surface area contributed by atoms with E-state index < -0.39 is 11.0 Å².